The quantitative estimate of drug-likeness (QED) is 0.618. The number of rotatable bonds is 6. The number of aliphatic hydroxyl groups excluding tert-OH is 1. The van der Waals surface area contributed by atoms with Crippen molar-refractivity contribution in [2.24, 2.45) is 0 Å². The summed E-state index contributed by atoms with van der Waals surface area (Å²) in [7, 11) is 0. The van der Waals surface area contributed by atoms with E-state index in [-0.39, 0.29) is 6.61 Å². The molecule has 120 valence electrons. The first-order valence-corrected chi connectivity index (χ1v) is 8.76. The fourth-order valence-electron chi connectivity index (χ4n) is 2.59. The number of hydrogen-bond acceptors (Lipinski definition) is 3. The van der Waals surface area contributed by atoms with Gasteiger partial charge in [-0.25, -0.2) is 4.98 Å². The SMILES string of the molecule is CCc1nc2ccccc2n1C[C@@H](O)COc1ccc(I)cc1. The minimum Gasteiger partial charge on any atom is -0.491 e. The minimum atomic E-state index is -0.586. The van der Waals surface area contributed by atoms with Gasteiger partial charge in [-0.2, -0.15) is 0 Å². The summed E-state index contributed by atoms with van der Waals surface area (Å²) < 4.78 is 8.91. The van der Waals surface area contributed by atoms with Crippen LogP contribution in [-0.2, 0) is 13.0 Å². The predicted molar refractivity (Wildman–Crippen MR) is 99.8 cm³/mol. The van der Waals surface area contributed by atoms with Gasteiger partial charge in [-0.15, -0.1) is 0 Å². The van der Waals surface area contributed by atoms with Crippen LogP contribution in [0.4, 0.5) is 0 Å². The lowest BCUT2D eigenvalue weighted by atomic mass is 10.3. The number of hydrogen-bond donors (Lipinski definition) is 1. The Hall–Kier alpha value is -1.60. The van der Waals surface area contributed by atoms with E-state index in [0.717, 1.165) is 32.6 Å². The van der Waals surface area contributed by atoms with Crippen molar-refractivity contribution in [1.29, 1.82) is 0 Å². The van der Waals surface area contributed by atoms with E-state index in [9.17, 15) is 5.11 Å². The Morgan fingerprint density at radius 1 is 1.17 bits per heavy atom. The van der Waals surface area contributed by atoms with Gasteiger partial charge in [0.1, 0.15) is 24.3 Å². The Bertz CT molecular complexity index is 783. The van der Waals surface area contributed by atoms with Gasteiger partial charge in [0.05, 0.1) is 17.6 Å². The molecule has 0 radical (unpaired) electrons. The number of para-hydroxylation sites is 2. The molecule has 4 nitrogen and oxygen atoms in total. The molecule has 1 atom stereocenters. The van der Waals surface area contributed by atoms with Crippen LogP contribution in [0.25, 0.3) is 11.0 Å². The zero-order valence-corrected chi connectivity index (χ0v) is 15.1. The van der Waals surface area contributed by atoms with Gasteiger partial charge in [0.15, 0.2) is 0 Å². The summed E-state index contributed by atoms with van der Waals surface area (Å²) in [5.41, 5.74) is 2.02. The summed E-state index contributed by atoms with van der Waals surface area (Å²) in [6.45, 7) is 2.82. The molecule has 0 spiro atoms. The van der Waals surface area contributed by atoms with E-state index in [4.69, 9.17) is 4.74 Å². The van der Waals surface area contributed by atoms with Crippen LogP contribution < -0.4 is 4.74 Å². The number of ether oxygens (including phenoxy) is 1. The van der Waals surface area contributed by atoms with Crippen molar-refractivity contribution in [1.82, 2.24) is 9.55 Å². The third-order valence-corrected chi connectivity index (χ3v) is 4.42. The molecule has 0 amide bonds. The molecule has 5 heteroatoms. The van der Waals surface area contributed by atoms with Gasteiger partial charge < -0.3 is 14.4 Å². The molecule has 1 N–H and O–H groups in total. The van der Waals surface area contributed by atoms with Gasteiger partial charge in [0.25, 0.3) is 0 Å². The zero-order valence-electron chi connectivity index (χ0n) is 12.9. The van der Waals surface area contributed by atoms with Crippen molar-refractivity contribution in [3.05, 3.63) is 57.9 Å². The zero-order chi connectivity index (χ0) is 16.2. The number of imidazole rings is 1. The first-order valence-electron chi connectivity index (χ1n) is 7.68. The smallest absolute Gasteiger partial charge is 0.119 e. The molecule has 0 fully saturated rings. The number of halogens is 1. The van der Waals surface area contributed by atoms with Gasteiger partial charge in [-0.3, -0.25) is 0 Å². The van der Waals surface area contributed by atoms with E-state index < -0.39 is 6.10 Å². The van der Waals surface area contributed by atoms with Crippen LogP contribution in [0.3, 0.4) is 0 Å². The third kappa shape index (κ3) is 3.84. The van der Waals surface area contributed by atoms with E-state index in [1.54, 1.807) is 0 Å². The molecule has 0 saturated heterocycles. The lowest BCUT2D eigenvalue weighted by molar-refractivity contribution is 0.0927. The van der Waals surface area contributed by atoms with Crippen LogP contribution in [0.2, 0.25) is 0 Å². The highest BCUT2D eigenvalue weighted by Gasteiger charge is 2.13. The molecule has 0 saturated carbocycles. The fraction of sp³-hybridized carbons (Fsp3) is 0.278. The van der Waals surface area contributed by atoms with Crippen LogP contribution in [0.5, 0.6) is 5.75 Å². The largest absolute Gasteiger partial charge is 0.491 e. The monoisotopic (exact) mass is 422 g/mol. The highest BCUT2D eigenvalue weighted by atomic mass is 127. The Kier molecular flexibility index (Phi) is 5.17. The Morgan fingerprint density at radius 3 is 2.65 bits per heavy atom. The Balaban J connectivity index is 1.70. The van der Waals surface area contributed by atoms with Gasteiger partial charge >= 0.3 is 0 Å². The first-order chi connectivity index (χ1) is 11.2. The van der Waals surface area contributed by atoms with Crippen LogP contribution >= 0.6 is 22.6 Å². The maximum atomic E-state index is 10.3. The van der Waals surface area contributed by atoms with E-state index in [0.29, 0.717) is 6.54 Å². The molecule has 3 aromatic rings. The average Bonchev–Trinajstić information content (AvgIpc) is 2.92. The van der Waals surface area contributed by atoms with Crippen molar-refractivity contribution in [2.75, 3.05) is 6.61 Å². The second-order valence-electron chi connectivity index (χ2n) is 5.40. The van der Waals surface area contributed by atoms with E-state index in [1.165, 1.54) is 0 Å². The summed E-state index contributed by atoms with van der Waals surface area (Å²) in [6, 6.07) is 15.8. The number of nitrogens with zero attached hydrogens (tertiary/aromatic N) is 2. The first kappa shape index (κ1) is 16.3. The van der Waals surface area contributed by atoms with Gasteiger partial charge in [-0.05, 0) is 59.0 Å². The summed E-state index contributed by atoms with van der Waals surface area (Å²) >= 11 is 2.25. The highest BCUT2D eigenvalue weighted by molar-refractivity contribution is 14.1. The Morgan fingerprint density at radius 2 is 1.91 bits per heavy atom. The van der Waals surface area contributed by atoms with Crippen LogP contribution in [0.15, 0.2) is 48.5 Å². The topological polar surface area (TPSA) is 47.3 Å². The van der Waals surface area contributed by atoms with E-state index in [1.807, 2.05) is 48.5 Å². The second-order valence-corrected chi connectivity index (χ2v) is 6.65. The number of aromatic nitrogens is 2. The molecule has 0 aliphatic rings. The summed E-state index contributed by atoms with van der Waals surface area (Å²) in [4.78, 5) is 4.62. The molecule has 0 bridgehead atoms. The average molecular weight is 422 g/mol. The van der Waals surface area contributed by atoms with Crippen LogP contribution in [0.1, 0.15) is 12.7 Å². The molecule has 3 rings (SSSR count). The fourth-order valence-corrected chi connectivity index (χ4v) is 2.95. The summed E-state index contributed by atoms with van der Waals surface area (Å²) in [6.07, 6.45) is 0.247. The van der Waals surface area contributed by atoms with Gasteiger partial charge in [0.2, 0.25) is 0 Å². The predicted octanol–water partition coefficient (Wildman–Crippen LogP) is 3.64. The second kappa shape index (κ2) is 7.31. The van der Waals surface area contributed by atoms with Crippen LogP contribution in [0, 0.1) is 3.57 Å². The Labute approximate surface area is 149 Å². The van der Waals surface area contributed by atoms with Crippen molar-refractivity contribution in [3.8, 4) is 5.75 Å². The number of aliphatic hydroxyl groups is 1. The number of benzene rings is 2. The van der Waals surface area contributed by atoms with Gasteiger partial charge in [0, 0.05) is 9.99 Å². The lowest BCUT2D eigenvalue weighted by Gasteiger charge is -2.15. The highest BCUT2D eigenvalue weighted by Crippen LogP contribution is 2.18. The summed E-state index contributed by atoms with van der Waals surface area (Å²) in [5.74, 6) is 1.76. The third-order valence-electron chi connectivity index (χ3n) is 3.70. The number of aryl methyl sites for hydroxylation is 1. The lowest BCUT2D eigenvalue weighted by Crippen LogP contribution is -2.24. The van der Waals surface area contributed by atoms with Crippen molar-refractivity contribution < 1.29 is 9.84 Å². The molecule has 1 aromatic heterocycles. The van der Waals surface area contributed by atoms with Crippen molar-refractivity contribution >= 4 is 33.6 Å². The molecule has 2 aromatic carbocycles. The molecule has 1 heterocycles. The van der Waals surface area contributed by atoms with E-state index in [2.05, 4.69) is 39.1 Å². The van der Waals surface area contributed by atoms with Crippen LogP contribution in [-0.4, -0.2) is 27.4 Å². The molecule has 0 aliphatic carbocycles. The van der Waals surface area contributed by atoms with Crippen molar-refractivity contribution in [2.45, 2.75) is 26.0 Å². The standard InChI is InChI=1S/C18H19IN2O2/c1-2-18-20-16-5-3-4-6-17(16)21(18)11-14(22)12-23-15-9-7-13(19)8-10-15/h3-10,14,22H,2,11-12H2,1H3/t14-/m1/s1. The number of fused-ring (bicyclic) bond motifs is 1. The maximum absolute atomic E-state index is 10.3. The van der Waals surface area contributed by atoms with Gasteiger partial charge in [-0.1, -0.05) is 19.1 Å². The normalized spacial score (nSPS) is 12.5. The summed E-state index contributed by atoms with van der Waals surface area (Å²) in [5, 5.41) is 10.3. The molecular weight excluding hydrogens is 403 g/mol. The molecular formula is C18H19IN2O2. The molecule has 0 unspecified atom stereocenters. The minimum absolute atomic E-state index is 0.260. The molecule has 23 heavy (non-hydrogen) atoms. The van der Waals surface area contributed by atoms with Crippen molar-refractivity contribution in [3.63, 3.8) is 0 Å². The van der Waals surface area contributed by atoms with E-state index >= 15 is 0 Å². The maximum Gasteiger partial charge on any atom is 0.119 e. The molecule has 0 aliphatic heterocycles.